The first-order valence-electron chi connectivity index (χ1n) is 9.64. The molecule has 0 saturated heterocycles. The molecule has 1 saturated carbocycles. The SMILES string of the molecule is CC1=NN(c2ccccc2)CC12[C@H](c1ccc(C)cc1)[C@@H](C=O)CC[C@@H]2O. The number of hydrazone groups is 1. The lowest BCUT2D eigenvalue weighted by Crippen LogP contribution is -2.54. The van der Waals surface area contributed by atoms with Gasteiger partial charge in [0.25, 0.3) is 0 Å². The fourth-order valence-corrected chi connectivity index (χ4v) is 4.92. The van der Waals surface area contributed by atoms with E-state index in [1.807, 2.05) is 42.3 Å². The normalized spacial score (nSPS) is 30.4. The molecule has 1 spiro atoms. The number of benzene rings is 2. The maximum Gasteiger partial charge on any atom is 0.123 e. The van der Waals surface area contributed by atoms with Gasteiger partial charge in [0.1, 0.15) is 6.29 Å². The highest BCUT2D eigenvalue weighted by atomic mass is 16.3. The van der Waals surface area contributed by atoms with Gasteiger partial charge in [-0.05, 0) is 44.4 Å². The Kier molecular flexibility index (Phi) is 4.60. The topological polar surface area (TPSA) is 52.9 Å². The van der Waals surface area contributed by atoms with E-state index < -0.39 is 11.5 Å². The van der Waals surface area contributed by atoms with Crippen LogP contribution in [0.4, 0.5) is 5.69 Å². The van der Waals surface area contributed by atoms with Crippen LogP contribution in [-0.4, -0.2) is 29.8 Å². The number of anilines is 1. The number of aliphatic hydroxyl groups is 1. The minimum absolute atomic E-state index is 0.0724. The van der Waals surface area contributed by atoms with E-state index in [1.165, 1.54) is 5.56 Å². The molecule has 4 rings (SSSR count). The molecule has 0 aromatic heterocycles. The third-order valence-corrected chi connectivity index (χ3v) is 6.37. The quantitative estimate of drug-likeness (QED) is 0.842. The van der Waals surface area contributed by atoms with E-state index in [0.29, 0.717) is 19.4 Å². The van der Waals surface area contributed by atoms with Crippen LogP contribution in [0.15, 0.2) is 59.7 Å². The predicted molar refractivity (Wildman–Crippen MR) is 108 cm³/mol. The van der Waals surface area contributed by atoms with E-state index in [2.05, 4.69) is 31.2 Å². The lowest BCUT2D eigenvalue weighted by Gasteiger charge is -2.48. The molecule has 0 bridgehead atoms. The minimum Gasteiger partial charge on any atom is -0.392 e. The first-order valence-corrected chi connectivity index (χ1v) is 9.64. The molecule has 27 heavy (non-hydrogen) atoms. The third-order valence-electron chi connectivity index (χ3n) is 6.37. The van der Waals surface area contributed by atoms with Crippen molar-refractivity contribution in [2.24, 2.45) is 16.4 Å². The van der Waals surface area contributed by atoms with Crippen LogP contribution in [0.2, 0.25) is 0 Å². The summed E-state index contributed by atoms with van der Waals surface area (Å²) in [5.74, 6) is -0.186. The Morgan fingerprint density at radius 1 is 1.07 bits per heavy atom. The molecule has 0 radical (unpaired) electrons. The molecular formula is C23H26N2O2. The van der Waals surface area contributed by atoms with Crippen LogP contribution < -0.4 is 5.01 Å². The first-order chi connectivity index (χ1) is 13.1. The summed E-state index contributed by atoms with van der Waals surface area (Å²) in [5.41, 5.74) is 3.68. The van der Waals surface area contributed by atoms with Gasteiger partial charge in [-0.3, -0.25) is 5.01 Å². The van der Waals surface area contributed by atoms with Crippen molar-refractivity contribution in [3.8, 4) is 0 Å². The Bertz CT molecular complexity index is 846. The van der Waals surface area contributed by atoms with Gasteiger partial charge in [0.05, 0.1) is 23.8 Å². The number of rotatable bonds is 3. The molecule has 140 valence electrons. The van der Waals surface area contributed by atoms with Crippen LogP contribution in [0.3, 0.4) is 0 Å². The average molecular weight is 362 g/mol. The molecule has 2 aromatic carbocycles. The van der Waals surface area contributed by atoms with Crippen molar-refractivity contribution in [3.05, 3.63) is 65.7 Å². The number of hydrogen-bond donors (Lipinski definition) is 1. The van der Waals surface area contributed by atoms with Gasteiger partial charge in [0, 0.05) is 17.5 Å². The van der Waals surface area contributed by atoms with Gasteiger partial charge < -0.3 is 9.90 Å². The predicted octanol–water partition coefficient (Wildman–Crippen LogP) is 3.93. The Morgan fingerprint density at radius 2 is 1.78 bits per heavy atom. The lowest BCUT2D eigenvalue weighted by atomic mass is 9.56. The van der Waals surface area contributed by atoms with Gasteiger partial charge in [-0.2, -0.15) is 5.10 Å². The van der Waals surface area contributed by atoms with Crippen LogP contribution in [0.25, 0.3) is 0 Å². The molecule has 1 aliphatic heterocycles. The van der Waals surface area contributed by atoms with Gasteiger partial charge in [-0.15, -0.1) is 0 Å². The molecule has 1 aliphatic carbocycles. The van der Waals surface area contributed by atoms with E-state index in [1.54, 1.807) is 0 Å². The van der Waals surface area contributed by atoms with E-state index in [0.717, 1.165) is 23.2 Å². The zero-order valence-corrected chi connectivity index (χ0v) is 15.9. The lowest BCUT2D eigenvalue weighted by molar-refractivity contribution is -0.115. The van der Waals surface area contributed by atoms with E-state index in [-0.39, 0.29) is 11.8 Å². The van der Waals surface area contributed by atoms with Crippen molar-refractivity contribution in [2.75, 3.05) is 11.6 Å². The molecule has 4 atom stereocenters. The summed E-state index contributed by atoms with van der Waals surface area (Å²) in [6.45, 7) is 4.65. The maximum atomic E-state index is 12.0. The summed E-state index contributed by atoms with van der Waals surface area (Å²) in [6.07, 6.45) is 1.90. The molecule has 1 heterocycles. The van der Waals surface area contributed by atoms with Crippen molar-refractivity contribution in [1.29, 1.82) is 0 Å². The zero-order chi connectivity index (χ0) is 19.0. The fourth-order valence-electron chi connectivity index (χ4n) is 4.92. The molecule has 2 aliphatic rings. The molecule has 4 heteroatoms. The Morgan fingerprint density at radius 3 is 2.44 bits per heavy atom. The van der Waals surface area contributed by atoms with Crippen LogP contribution in [0.5, 0.6) is 0 Å². The summed E-state index contributed by atoms with van der Waals surface area (Å²) >= 11 is 0. The van der Waals surface area contributed by atoms with Crippen LogP contribution >= 0.6 is 0 Å². The smallest absolute Gasteiger partial charge is 0.123 e. The van der Waals surface area contributed by atoms with Crippen LogP contribution in [0, 0.1) is 18.3 Å². The minimum atomic E-state index is -0.547. The second-order valence-electron chi connectivity index (χ2n) is 7.90. The van der Waals surface area contributed by atoms with Crippen molar-refractivity contribution in [2.45, 2.75) is 38.7 Å². The number of carbonyl (C=O) groups is 1. The summed E-state index contributed by atoms with van der Waals surface area (Å²) in [4.78, 5) is 12.0. The number of nitrogens with zero attached hydrogens (tertiary/aromatic N) is 2. The summed E-state index contributed by atoms with van der Waals surface area (Å²) < 4.78 is 0. The zero-order valence-electron chi connectivity index (χ0n) is 15.9. The highest BCUT2D eigenvalue weighted by Gasteiger charge is 2.57. The highest BCUT2D eigenvalue weighted by Crippen LogP contribution is 2.53. The molecule has 1 N–H and O–H groups in total. The number of aryl methyl sites for hydroxylation is 1. The summed E-state index contributed by atoms with van der Waals surface area (Å²) in [6, 6.07) is 18.4. The van der Waals surface area contributed by atoms with Crippen LogP contribution in [-0.2, 0) is 4.79 Å². The van der Waals surface area contributed by atoms with E-state index in [4.69, 9.17) is 5.10 Å². The Hall–Kier alpha value is -2.46. The molecule has 0 amide bonds. The molecule has 1 unspecified atom stereocenters. The molecular weight excluding hydrogens is 336 g/mol. The van der Waals surface area contributed by atoms with Crippen molar-refractivity contribution in [3.63, 3.8) is 0 Å². The van der Waals surface area contributed by atoms with E-state index in [9.17, 15) is 9.90 Å². The van der Waals surface area contributed by atoms with Gasteiger partial charge >= 0.3 is 0 Å². The second-order valence-corrected chi connectivity index (χ2v) is 7.90. The largest absolute Gasteiger partial charge is 0.392 e. The Balaban J connectivity index is 1.80. The Labute approximate surface area is 160 Å². The van der Waals surface area contributed by atoms with Crippen LogP contribution in [0.1, 0.15) is 36.8 Å². The maximum absolute atomic E-state index is 12.0. The first kappa shape index (κ1) is 17.9. The molecule has 2 aromatic rings. The number of para-hydroxylation sites is 1. The van der Waals surface area contributed by atoms with Gasteiger partial charge in [0.15, 0.2) is 0 Å². The standard InChI is InChI=1S/C23H26N2O2/c1-16-8-10-18(11-9-16)22-19(14-26)12-13-21(27)23(22)15-25(24-17(23)2)20-6-4-3-5-7-20/h3-11,14,19,21-22,27H,12-13,15H2,1-2H3/t19-,21+,22-,23?/m1/s1. The van der Waals surface area contributed by atoms with Crippen molar-refractivity contribution < 1.29 is 9.90 Å². The van der Waals surface area contributed by atoms with Gasteiger partial charge in [0.2, 0.25) is 0 Å². The second kappa shape index (κ2) is 6.93. The van der Waals surface area contributed by atoms with Gasteiger partial charge in [-0.1, -0.05) is 48.0 Å². The summed E-state index contributed by atoms with van der Waals surface area (Å²) in [5, 5.41) is 18.0. The van der Waals surface area contributed by atoms with Gasteiger partial charge in [-0.25, -0.2) is 0 Å². The monoisotopic (exact) mass is 362 g/mol. The third kappa shape index (κ3) is 2.88. The number of carbonyl (C=O) groups excluding carboxylic acids is 1. The average Bonchev–Trinajstić information content (AvgIpc) is 3.03. The molecule has 1 fully saturated rings. The number of aldehydes is 1. The number of aliphatic hydroxyl groups excluding tert-OH is 1. The highest BCUT2D eigenvalue weighted by molar-refractivity contribution is 5.94. The summed E-state index contributed by atoms with van der Waals surface area (Å²) in [7, 11) is 0. The fraction of sp³-hybridized carbons (Fsp3) is 0.391. The number of hydrogen-bond acceptors (Lipinski definition) is 4. The van der Waals surface area contributed by atoms with Crippen molar-refractivity contribution in [1.82, 2.24) is 0 Å². The molecule has 4 nitrogen and oxygen atoms in total. The van der Waals surface area contributed by atoms with Crippen molar-refractivity contribution >= 4 is 17.7 Å². The van der Waals surface area contributed by atoms with E-state index >= 15 is 0 Å².